The van der Waals surface area contributed by atoms with Gasteiger partial charge < -0.3 is 5.21 Å². The molecule has 0 fully saturated rings. The van der Waals surface area contributed by atoms with E-state index in [-0.39, 0.29) is 11.9 Å². The summed E-state index contributed by atoms with van der Waals surface area (Å²) in [6.45, 7) is 0. The van der Waals surface area contributed by atoms with Crippen molar-refractivity contribution in [3.63, 3.8) is 0 Å². The van der Waals surface area contributed by atoms with Crippen molar-refractivity contribution < 1.29 is 5.21 Å². The Morgan fingerprint density at radius 1 is 1.42 bits per heavy atom. The first kappa shape index (κ1) is 6.97. The van der Waals surface area contributed by atoms with Gasteiger partial charge in [-0.1, -0.05) is 23.4 Å². The molecule has 0 aromatic heterocycles. The van der Waals surface area contributed by atoms with Crippen molar-refractivity contribution in [2.45, 2.75) is 6.04 Å². The van der Waals surface area contributed by atoms with E-state index in [1.807, 2.05) is 24.3 Å². The van der Waals surface area contributed by atoms with Crippen LogP contribution in [0.4, 0.5) is 0 Å². The fourth-order valence-electron chi connectivity index (χ4n) is 1.11. The fourth-order valence-corrected chi connectivity index (χ4v) is 1.11. The second-order valence-electron chi connectivity index (χ2n) is 2.46. The molecule has 0 aromatic rings. The quantitative estimate of drug-likeness (QED) is 0.414. The van der Waals surface area contributed by atoms with Gasteiger partial charge in [-0.15, -0.1) is 0 Å². The Morgan fingerprint density at radius 2 is 2.33 bits per heavy atom. The molecule has 12 heavy (non-hydrogen) atoms. The van der Waals surface area contributed by atoms with Crippen molar-refractivity contribution in [3.8, 4) is 0 Å². The minimum absolute atomic E-state index is 0.000463. The number of allylic oxidation sites excluding steroid dienone is 2. The van der Waals surface area contributed by atoms with Crippen LogP contribution in [0.1, 0.15) is 0 Å². The zero-order chi connectivity index (χ0) is 8.39. The van der Waals surface area contributed by atoms with E-state index in [1.54, 1.807) is 0 Å². The Bertz CT molecular complexity index is 336. The molecule has 4 heteroatoms. The standard InChI is InChI=1S/C8H7N3O/c12-11-8-5-9-6-3-1-2-4-7(6)10-8/h1-6,12H/b11-8+. The largest absolute Gasteiger partial charge is 0.409 e. The smallest absolute Gasteiger partial charge is 0.209 e. The van der Waals surface area contributed by atoms with Crippen molar-refractivity contribution in [1.82, 2.24) is 0 Å². The van der Waals surface area contributed by atoms with Crippen molar-refractivity contribution in [1.29, 1.82) is 0 Å². The molecule has 0 amide bonds. The molecule has 0 spiro atoms. The molecule has 1 heterocycles. The third kappa shape index (κ3) is 1.07. The van der Waals surface area contributed by atoms with Gasteiger partial charge in [0.2, 0.25) is 5.84 Å². The highest BCUT2D eigenvalue weighted by Gasteiger charge is 2.15. The Balaban J connectivity index is 2.36. The molecule has 0 saturated heterocycles. The third-order valence-electron chi connectivity index (χ3n) is 1.67. The summed E-state index contributed by atoms with van der Waals surface area (Å²) in [6.07, 6.45) is 9.04. The number of oxime groups is 1. The van der Waals surface area contributed by atoms with Crippen LogP contribution < -0.4 is 0 Å². The molecular formula is C8H7N3O. The molecule has 1 unspecified atom stereocenters. The maximum absolute atomic E-state index is 8.43. The lowest BCUT2D eigenvalue weighted by Crippen LogP contribution is -2.23. The van der Waals surface area contributed by atoms with Crippen LogP contribution in [0, 0.1) is 0 Å². The van der Waals surface area contributed by atoms with Crippen molar-refractivity contribution in [2.75, 3.05) is 0 Å². The topological polar surface area (TPSA) is 57.3 Å². The predicted molar refractivity (Wildman–Crippen MR) is 47.2 cm³/mol. The van der Waals surface area contributed by atoms with Gasteiger partial charge in [0.05, 0.1) is 11.9 Å². The van der Waals surface area contributed by atoms with Crippen molar-refractivity contribution in [3.05, 3.63) is 24.3 Å². The molecule has 1 atom stereocenters. The van der Waals surface area contributed by atoms with Gasteiger partial charge in [-0.3, -0.25) is 4.99 Å². The van der Waals surface area contributed by atoms with E-state index in [2.05, 4.69) is 15.1 Å². The zero-order valence-corrected chi connectivity index (χ0v) is 6.25. The van der Waals surface area contributed by atoms with Crippen LogP contribution in [0.2, 0.25) is 0 Å². The minimum atomic E-state index is 0.000463. The van der Waals surface area contributed by atoms with E-state index in [0.29, 0.717) is 0 Å². The van der Waals surface area contributed by atoms with Gasteiger partial charge in [0.1, 0.15) is 6.04 Å². The molecule has 0 bridgehead atoms. The maximum atomic E-state index is 8.43. The number of amidine groups is 1. The number of nitrogens with zero attached hydrogens (tertiary/aromatic N) is 3. The molecule has 4 nitrogen and oxygen atoms in total. The number of hydrogen-bond donors (Lipinski definition) is 1. The van der Waals surface area contributed by atoms with Crippen LogP contribution in [0.3, 0.4) is 0 Å². The zero-order valence-electron chi connectivity index (χ0n) is 6.25. The lowest BCUT2D eigenvalue weighted by molar-refractivity contribution is 0.319. The predicted octanol–water partition coefficient (Wildman–Crippen LogP) is 0.794. The Kier molecular flexibility index (Phi) is 1.59. The molecule has 0 saturated carbocycles. The Morgan fingerprint density at radius 3 is 3.17 bits per heavy atom. The molecule has 2 rings (SSSR count). The first-order valence-corrected chi connectivity index (χ1v) is 3.59. The van der Waals surface area contributed by atoms with Gasteiger partial charge in [-0.05, 0) is 6.08 Å². The van der Waals surface area contributed by atoms with E-state index >= 15 is 0 Å². The SMILES string of the molecule is O/N=C1\C=NC2C=CC=CC2=N1. The Hall–Kier alpha value is -1.71. The molecular weight excluding hydrogens is 154 g/mol. The third-order valence-corrected chi connectivity index (χ3v) is 1.67. The van der Waals surface area contributed by atoms with Crippen LogP contribution in [-0.2, 0) is 0 Å². The summed E-state index contributed by atoms with van der Waals surface area (Å²) in [7, 11) is 0. The fraction of sp³-hybridized carbons (Fsp3) is 0.125. The van der Waals surface area contributed by atoms with Crippen molar-refractivity contribution >= 4 is 17.8 Å². The molecule has 2 aliphatic rings. The number of hydrogen-bond acceptors (Lipinski definition) is 3. The van der Waals surface area contributed by atoms with Gasteiger partial charge in [-0.25, -0.2) is 4.99 Å². The average Bonchev–Trinajstić information content (AvgIpc) is 2.17. The van der Waals surface area contributed by atoms with Crippen LogP contribution in [0.15, 0.2) is 39.4 Å². The lowest BCUT2D eigenvalue weighted by Gasteiger charge is -2.13. The normalized spacial score (nSPS) is 28.8. The number of aliphatic imine (C=N–C) groups is 2. The van der Waals surface area contributed by atoms with Gasteiger partial charge in [-0.2, -0.15) is 0 Å². The monoisotopic (exact) mass is 161 g/mol. The Labute approximate surface area is 69.3 Å². The summed E-state index contributed by atoms with van der Waals surface area (Å²) in [5.74, 6) is 0.251. The summed E-state index contributed by atoms with van der Waals surface area (Å²) in [4.78, 5) is 8.17. The number of fused-ring (bicyclic) bond motifs is 1. The second-order valence-corrected chi connectivity index (χ2v) is 2.46. The summed E-state index contributed by atoms with van der Waals surface area (Å²) in [5.41, 5.74) is 0.813. The van der Waals surface area contributed by atoms with Gasteiger partial charge in [0, 0.05) is 0 Å². The molecule has 0 radical (unpaired) electrons. The van der Waals surface area contributed by atoms with E-state index in [1.165, 1.54) is 6.21 Å². The summed E-state index contributed by atoms with van der Waals surface area (Å²) >= 11 is 0. The van der Waals surface area contributed by atoms with Crippen molar-refractivity contribution in [2.24, 2.45) is 15.1 Å². The summed E-state index contributed by atoms with van der Waals surface area (Å²) < 4.78 is 0. The van der Waals surface area contributed by atoms with E-state index < -0.39 is 0 Å². The van der Waals surface area contributed by atoms with E-state index in [0.717, 1.165) is 5.71 Å². The van der Waals surface area contributed by atoms with E-state index in [9.17, 15) is 0 Å². The van der Waals surface area contributed by atoms with E-state index in [4.69, 9.17) is 5.21 Å². The van der Waals surface area contributed by atoms with Gasteiger partial charge in [0.15, 0.2) is 0 Å². The first-order chi connectivity index (χ1) is 5.90. The first-order valence-electron chi connectivity index (χ1n) is 3.59. The van der Waals surface area contributed by atoms with Crippen LogP contribution in [-0.4, -0.2) is 29.0 Å². The average molecular weight is 161 g/mol. The van der Waals surface area contributed by atoms with Crippen LogP contribution >= 0.6 is 0 Å². The molecule has 1 N–H and O–H groups in total. The summed E-state index contributed by atoms with van der Waals surface area (Å²) in [6, 6.07) is 0.000463. The molecule has 0 aromatic carbocycles. The van der Waals surface area contributed by atoms with Gasteiger partial charge >= 0.3 is 0 Å². The molecule has 1 aliphatic heterocycles. The van der Waals surface area contributed by atoms with Crippen LogP contribution in [0.5, 0.6) is 0 Å². The maximum Gasteiger partial charge on any atom is 0.209 e. The highest BCUT2D eigenvalue weighted by molar-refractivity contribution is 6.35. The van der Waals surface area contributed by atoms with Gasteiger partial charge in [0.25, 0.3) is 0 Å². The highest BCUT2D eigenvalue weighted by atomic mass is 16.4. The minimum Gasteiger partial charge on any atom is -0.409 e. The highest BCUT2D eigenvalue weighted by Crippen LogP contribution is 2.08. The summed E-state index contributed by atoms with van der Waals surface area (Å²) in [5, 5.41) is 11.4. The second kappa shape index (κ2) is 2.73. The molecule has 60 valence electrons. The lowest BCUT2D eigenvalue weighted by atomic mass is 10.1. The van der Waals surface area contributed by atoms with Crippen LogP contribution in [0.25, 0.3) is 0 Å². The molecule has 1 aliphatic carbocycles. The number of rotatable bonds is 0.